The lowest BCUT2D eigenvalue weighted by Crippen LogP contribution is -2.38. The summed E-state index contributed by atoms with van der Waals surface area (Å²) in [7, 11) is 1.23. The second kappa shape index (κ2) is 5.60. The van der Waals surface area contributed by atoms with Gasteiger partial charge in [-0.05, 0) is 6.07 Å². The zero-order valence-electron chi connectivity index (χ0n) is 12.0. The second-order valence-electron chi connectivity index (χ2n) is 4.77. The first-order chi connectivity index (χ1) is 10.6. The third kappa shape index (κ3) is 2.46. The molecule has 3 heterocycles. The Kier molecular flexibility index (Phi) is 3.63. The monoisotopic (exact) mass is 305 g/mol. The van der Waals surface area contributed by atoms with Crippen LogP contribution in [0.15, 0.2) is 10.9 Å². The molecule has 9 heteroatoms. The molecule has 0 radical (unpaired) electrons. The molecule has 0 aromatic carbocycles. The van der Waals surface area contributed by atoms with E-state index in [1.54, 1.807) is 0 Å². The number of morpholine rings is 1. The molecule has 2 aromatic rings. The first-order valence-corrected chi connectivity index (χ1v) is 6.71. The summed E-state index contributed by atoms with van der Waals surface area (Å²) in [4.78, 5) is 36.8. The Labute approximate surface area is 125 Å². The maximum Gasteiger partial charge on any atom is 0.341 e. The van der Waals surface area contributed by atoms with Crippen molar-refractivity contribution in [1.82, 2.24) is 15.0 Å². The molecule has 1 fully saturated rings. The molecule has 1 saturated heterocycles. The lowest BCUT2D eigenvalue weighted by molar-refractivity contribution is 0.0602. The molecule has 0 unspecified atom stereocenters. The molecule has 0 amide bonds. The van der Waals surface area contributed by atoms with Crippen molar-refractivity contribution >= 4 is 28.8 Å². The number of methoxy groups -OCH3 is 1. The highest BCUT2D eigenvalue weighted by Gasteiger charge is 2.18. The maximum absolute atomic E-state index is 12.2. The van der Waals surface area contributed by atoms with Crippen molar-refractivity contribution in [2.24, 2.45) is 0 Å². The van der Waals surface area contributed by atoms with Crippen LogP contribution in [-0.4, -0.2) is 54.3 Å². The molecule has 3 N–H and O–H groups in total. The molecule has 9 nitrogen and oxygen atoms in total. The summed E-state index contributed by atoms with van der Waals surface area (Å²) in [5.74, 6) is -0.257. The number of anilines is 2. The highest BCUT2D eigenvalue weighted by atomic mass is 16.5. The van der Waals surface area contributed by atoms with E-state index >= 15 is 0 Å². The fourth-order valence-electron chi connectivity index (χ4n) is 2.27. The van der Waals surface area contributed by atoms with Crippen LogP contribution in [0.1, 0.15) is 10.4 Å². The number of fused-ring (bicyclic) bond motifs is 1. The van der Waals surface area contributed by atoms with Crippen molar-refractivity contribution in [3.8, 4) is 0 Å². The molecule has 0 aliphatic carbocycles. The van der Waals surface area contributed by atoms with E-state index in [4.69, 9.17) is 10.5 Å². The summed E-state index contributed by atoms with van der Waals surface area (Å²) in [5, 5.41) is 0.187. The highest BCUT2D eigenvalue weighted by Crippen LogP contribution is 2.17. The van der Waals surface area contributed by atoms with Gasteiger partial charge in [-0.3, -0.25) is 9.78 Å². The van der Waals surface area contributed by atoms with Gasteiger partial charge in [0.1, 0.15) is 11.4 Å². The minimum absolute atomic E-state index is 0.0228. The van der Waals surface area contributed by atoms with E-state index in [2.05, 4.69) is 19.7 Å². The number of H-pyrrole nitrogens is 1. The van der Waals surface area contributed by atoms with Crippen molar-refractivity contribution in [2.45, 2.75) is 0 Å². The lowest BCUT2D eigenvalue weighted by atomic mass is 10.2. The number of hydrogen-bond acceptors (Lipinski definition) is 8. The Hall–Kier alpha value is -2.68. The third-order valence-electron chi connectivity index (χ3n) is 3.43. The van der Waals surface area contributed by atoms with Gasteiger partial charge in [0.05, 0.1) is 25.7 Å². The number of nitrogens with zero attached hydrogens (tertiary/aromatic N) is 3. The van der Waals surface area contributed by atoms with Crippen LogP contribution in [0.2, 0.25) is 0 Å². The van der Waals surface area contributed by atoms with Crippen molar-refractivity contribution in [2.75, 3.05) is 44.0 Å². The summed E-state index contributed by atoms with van der Waals surface area (Å²) < 4.78 is 9.88. The molecule has 0 atom stereocenters. The predicted octanol–water partition coefficient (Wildman–Crippen LogP) is -0.476. The largest absolute Gasteiger partial charge is 0.465 e. The van der Waals surface area contributed by atoms with E-state index in [1.165, 1.54) is 13.2 Å². The standard InChI is InChI=1S/C13H15N5O4/c1-21-12(20)7-6-8-10(15-9(7)14)16-13(17-11(8)19)18-2-4-22-5-3-18/h6H,2-5H2,1H3,(H3,14,15,16,17,19). The van der Waals surface area contributed by atoms with E-state index in [0.29, 0.717) is 32.3 Å². The van der Waals surface area contributed by atoms with Crippen molar-refractivity contribution in [3.05, 3.63) is 22.0 Å². The summed E-state index contributed by atoms with van der Waals surface area (Å²) in [6.07, 6.45) is 0. The molecule has 1 aliphatic rings. The molecular formula is C13H15N5O4. The summed E-state index contributed by atoms with van der Waals surface area (Å²) in [6.45, 7) is 2.39. The average molecular weight is 305 g/mol. The first-order valence-electron chi connectivity index (χ1n) is 6.71. The number of aromatic nitrogens is 3. The zero-order chi connectivity index (χ0) is 15.7. The number of hydrogen-bond donors (Lipinski definition) is 2. The van der Waals surface area contributed by atoms with E-state index in [9.17, 15) is 9.59 Å². The number of carbonyl (C=O) groups excluding carboxylic acids is 1. The Morgan fingerprint density at radius 2 is 2.14 bits per heavy atom. The van der Waals surface area contributed by atoms with Gasteiger partial charge in [0.15, 0.2) is 5.65 Å². The van der Waals surface area contributed by atoms with Gasteiger partial charge in [-0.25, -0.2) is 9.78 Å². The molecule has 22 heavy (non-hydrogen) atoms. The number of nitrogens with two attached hydrogens (primary N) is 1. The van der Waals surface area contributed by atoms with Gasteiger partial charge < -0.3 is 20.1 Å². The van der Waals surface area contributed by atoms with Crippen LogP contribution in [0.4, 0.5) is 11.8 Å². The van der Waals surface area contributed by atoms with E-state index in [0.717, 1.165) is 0 Å². The van der Waals surface area contributed by atoms with Gasteiger partial charge in [-0.15, -0.1) is 0 Å². The number of carbonyl (C=O) groups is 1. The topological polar surface area (TPSA) is 123 Å². The number of pyridine rings is 1. The van der Waals surface area contributed by atoms with Crippen LogP contribution in [0.5, 0.6) is 0 Å². The first kappa shape index (κ1) is 14.3. The molecular weight excluding hydrogens is 290 g/mol. The van der Waals surface area contributed by atoms with Gasteiger partial charge in [0, 0.05) is 13.1 Å². The van der Waals surface area contributed by atoms with Crippen molar-refractivity contribution in [1.29, 1.82) is 0 Å². The predicted molar refractivity (Wildman–Crippen MR) is 78.9 cm³/mol. The molecule has 2 aromatic heterocycles. The van der Waals surface area contributed by atoms with Crippen molar-refractivity contribution < 1.29 is 14.3 Å². The molecule has 116 valence electrons. The Bertz CT molecular complexity index is 782. The smallest absolute Gasteiger partial charge is 0.341 e. The van der Waals surface area contributed by atoms with Gasteiger partial charge >= 0.3 is 5.97 Å². The lowest BCUT2D eigenvalue weighted by Gasteiger charge is -2.27. The number of aromatic amines is 1. The molecule has 0 spiro atoms. The van der Waals surface area contributed by atoms with Crippen LogP contribution in [0.25, 0.3) is 11.0 Å². The number of esters is 1. The quantitative estimate of drug-likeness (QED) is 0.713. The molecule has 1 aliphatic heterocycles. The fourth-order valence-corrected chi connectivity index (χ4v) is 2.27. The SMILES string of the molecule is COC(=O)c1cc2c(=O)[nH]c(N3CCOCC3)nc2nc1N. The normalized spacial score (nSPS) is 15.0. The zero-order valence-corrected chi connectivity index (χ0v) is 12.0. The Morgan fingerprint density at radius 1 is 1.41 bits per heavy atom. The summed E-state index contributed by atoms with van der Waals surface area (Å²) in [6, 6.07) is 1.35. The fraction of sp³-hybridized carbons (Fsp3) is 0.385. The molecule has 0 saturated carbocycles. The van der Waals surface area contributed by atoms with Gasteiger partial charge in [0.25, 0.3) is 5.56 Å². The molecule has 3 rings (SSSR count). The average Bonchev–Trinajstić information content (AvgIpc) is 2.54. The minimum atomic E-state index is -0.649. The summed E-state index contributed by atoms with van der Waals surface area (Å²) in [5.41, 5.74) is 5.59. The van der Waals surface area contributed by atoms with E-state index in [-0.39, 0.29) is 28.0 Å². The Balaban J connectivity index is 2.11. The highest BCUT2D eigenvalue weighted by molar-refractivity contribution is 5.97. The van der Waals surface area contributed by atoms with Crippen LogP contribution >= 0.6 is 0 Å². The van der Waals surface area contributed by atoms with Gasteiger partial charge in [-0.2, -0.15) is 4.98 Å². The van der Waals surface area contributed by atoms with Crippen LogP contribution in [0, 0.1) is 0 Å². The number of nitrogen functional groups attached to an aromatic ring is 1. The van der Waals surface area contributed by atoms with Crippen LogP contribution in [-0.2, 0) is 9.47 Å². The van der Waals surface area contributed by atoms with Gasteiger partial charge in [0.2, 0.25) is 5.95 Å². The maximum atomic E-state index is 12.2. The third-order valence-corrected chi connectivity index (χ3v) is 3.43. The van der Waals surface area contributed by atoms with Crippen molar-refractivity contribution in [3.63, 3.8) is 0 Å². The van der Waals surface area contributed by atoms with E-state index in [1.807, 2.05) is 4.90 Å². The Morgan fingerprint density at radius 3 is 2.82 bits per heavy atom. The van der Waals surface area contributed by atoms with E-state index < -0.39 is 5.97 Å². The number of rotatable bonds is 2. The number of ether oxygens (including phenoxy) is 2. The van der Waals surface area contributed by atoms with Crippen LogP contribution in [0.3, 0.4) is 0 Å². The minimum Gasteiger partial charge on any atom is -0.465 e. The number of nitrogens with one attached hydrogen (secondary N) is 1. The van der Waals surface area contributed by atoms with Gasteiger partial charge in [-0.1, -0.05) is 0 Å². The summed E-state index contributed by atoms with van der Waals surface area (Å²) >= 11 is 0. The second-order valence-corrected chi connectivity index (χ2v) is 4.77. The molecule has 0 bridgehead atoms. The van der Waals surface area contributed by atoms with Crippen LogP contribution < -0.4 is 16.2 Å².